The predicted octanol–water partition coefficient (Wildman–Crippen LogP) is 2.03. The second-order valence-electron chi connectivity index (χ2n) is 3.00. The Hall–Kier alpha value is 0.412. The van der Waals surface area contributed by atoms with Crippen LogP contribution >= 0.6 is 0 Å². The molecule has 0 aliphatic rings. The minimum Gasteiger partial charge on any atom is -0.451 e. The monoisotopic (exact) mass is 189 g/mol. The molecular weight excluding hydrogens is 171 g/mol. The first-order valence-electron chi connectivity index (χ1n) is 4.56. The maximum absolute atomic E-state index is 11.2. The lowest BCUT2D eigenvalue weighted by molar-refractivity contribution is 0.0466. The van der Waals surface area contributed by atoms with Gasteiger partial charge in [-0.2, -0.15) is 0 Å². The van der Waals surface area contributed by atoms with Gasteiger partial charge in [0.05, 0.1) is 0 Å². The second kappa shape index (κ2) is 6.88. The number of rotatable bonds is 6. The first-order valence-corrected chi connectivity index (χ1v) is 5.98. The molecule has 1 radical (unpaired) electrons. The van der Waals surface area contributed by atoms with E-state index in [1.807, 2.05) is 27.7 Å². The smallest absolute Gasteiger partial charge is 0.451 e. The fourth-order valence-electron chi connectivity index (χ4n) is 0.604. The van der Waals surface area contributed by atoms with Crippen molar-refractivity contribution in [1.29, 1.82) is 0 Å². The zero-order valence-corrected chi connectivity index (χ0v) is 9.53. The molecule has 4 heteroatoms. The van der Waals surface area contributed by atoms with E-state index in [1.54, 1.807) is 0 Å². The molecule has 3 nitrogen and oxygen atoms in total. The quantitative estimate of drug-likeness (QED) is 0.599. The van der Waals surface area contributed by atoms with Gasteiger partial charge in [-0.15, -0.1) is 0 Å². The van der Waals surface area contributed by atoms with E-state index in [4.69, 9.17) is 7.58 Å². The molecule has 2 unspecified atom stereocenters. The molecule has 0 aromatic heterocycles. The van der Waals surface area contributed by atoms with E-state index in [9.17, 15) is 4.16 Å². The van der Waals surface area contributed by atoms with Crippen LogP contribution in [-0.4, -0.2) is 27.4 Å². The summed E-state index contributed by atoms with van der Waals surface area (Å²) in [6.45, 7) is 7.79. The van der Waals surface area contributed by atoms with Crippen molar-refractivity contribution < 1.29 is 11.7 Å². The van der Waals surface area contributed by atoms with Gasteiger partial charge in [0.25, 0.3) is 0 Å². The minimum absolute atomic E-state index is 0.0447. The fourth-order valence-corrected chi connectivity index (χ4v) is 1.81. The molecule has 0 saturated heterocycles. The third-order valence-electron chi connectivity index (χ3n) is 1.84. The summed E-state index contributed by atoms with van der Waals surface area (Å²) in [5.41, 5.74) is 0. The Morgan fingerprint density at radius 2 is 1.42 bits per heavy atom. The number of hydrogen-bond donors (Lipinski definition) is 0. The van der Waals surface area contributed by atoms with Crippen LogP contribution in [0.5, 0.6) is 0 Å². The van der Waals surface area contributed by atoms with Gasteiger partial charge in [0.2, 0.25) is 0 Å². The van der Waals surface area contributed by atoms with Crippen LogP contribution in [0.1, 0.15) is 40.5 Å². The van der Waals surface area contributed by atoms with Crippen molar-refractivity contribution in [3.05, 3.63) is 0 Å². The van der Waals surface area contributed by atoms with Gasteiger partial charge in [-0.25, -0.2) is 0 Å². The Kier molecular flexibility index (Phi) is 7.11. The van der Waals surface area contributed by atoms with Crippen LogP contribution in [0.25, 0.3) is 0 Å². The van der Waals surface area contributed by atoms with Crippen molar-refractivity contribution in [3.63, 3.8) is 0 Å². The van der Waals surface area contributed by atoms with Gasteiger partial charge in [0, 0.05) is 12.2 Å². The topological polar surface area (TPSA) is 38.4 Å². The molecule has 12 heavy (non-hydrogen) atoms. The van der Waals surface area contributed by atoms with Crippen LogP contribution in [0, 0.1) is 0 Å². The third kappa shape index (κ3) is 5.99. The van der Waals surface area contributed by atoms with E-state index in [0.717, 1.165) is 12.8 Å². The maximum Gasteiger partial charge on any atom is 0.932 e. The summed E-state index contributed by atoms with van der Waals surface area (Å²) in [5, 5.41) is 0. The summed E-state index contributed by atoms with van der Waals surface area (Å²) < 4.78 is 21.4. The van der Waals surface area contributed by atoms with Gasteiger partial charge in [-0.05, 0) is 26.7 Å². The van der Waals surface area contributed by atoms with Gasteiger partial charge in [0.1, 0.15) is 0 Å². The lowest BCUT2D eigenvalue weighted by atomic mass is 10.3. The Morgan fingerprint density at radius 1 is 1.08 bits per heavy atom. The van der Waals surface area contributed by atoms with Crippen LogP contribution in [0.15, 0.2) is 0 Å². The highest BCUT2D eigenvalue weighted by molar-refractivity contribution is 6.34. The van der Waals surface area contributed by atoms with Gasteiger partial charge in [-0.3, -0.25) is 0 Å². The van der Waals surface area contributed by atoms with E-state index in [2.05, 4.69) is 0 Å². The van der Waals surface area contributed by atoms with Gasteiger partial charge in [-0.1, -0.05) is 13.8 Å². The molecule has 0 N–H and O–H groups in total. The lowest BCUT2D eigenvalue weighted by Crippen LogP contribution is -2.29. The summed E-state index contributed by atoms with van der Waals surface area (Å²) >= 11 is -2.60. The fraction of sp³-hybridized carbons (Fsp3) is 1.00. The molecule has 0 fully saturated rings. The average molecular weight is 189 g/mol. The van der Waals surface area contributed by atoms with E-state index < -0.39 is 15.1 Å². The van der Waals surface area contributed by atoms with Gasteiger partial charge in [0.15, 0.2) is 0 Å². The molecule has 0 bridgehead atoms. The van der Waals surface area contributed by atoms with E-state index in [0.29, 0.717) is 0 Å². The SMILES string of the molecule is CCC(C)[O][Al]([O])[O]C(C)CC. The van der Waals surface area contributed by atoms with Crippen LogP contribution < -0.4 is 0 Å². The Morgan fingerprint density at radius 3 is 1.67 bits per heavy atom. The van der Waals surface area contributed by atoms with Crippen LogP contribution in [0.4, 0.5) is 0 Å². The maximum atomic E-state index is 11.2. The van der Waals surface area contributed by atoms with Gasteiger partial charge < -0.3 is 11.7 Å². The zero-order chi connectivity index (χ0) is 9.56. The Bertz CT molecular complexity index is 98.5. The standard InChI is InChI=1S/2C4H9O.Al.O/c2*1-3-4(2)5;;/h2*4H,3H2,1-2H3;;/q2*-1;+2;. The van der Waals surface area contributed by atoms with Crippen molar-refractivity contribution in [2.75, 3.05) is 0 Å². The highest BCUT2D eigenvalue weighted by Gasteiger charge is 2.31. The molecule has 0 aromatic carbocycles. The molecule has 0 rings (SSSR count). The summed E-state index contributed by atoms with van der Waals surface area (Å²) in [6.07, 6.45) is 1.83. The molecule has 0 aliphatic heterocycles. The van der Waals surface area contributed by atoms with E-state index in [1.165, 1.54) is 0 Å². The van der Waals surface area contributed by atoms with Crippen molar-refractivity contribution in [2.24, 2.45) is 0 Å². The zero-order valence-electron chi connectivity index (χ0n) is 8.37. The van der Waals surface area contributed by atoms with Crippen molar-refractivity contribution in [2.45, 2.75) is 52.7 Å². The third-order valence-corrected chi connectivity index (χ3v) is 3.21. The normalized spacial score (nSPS) is 15.8. The average Bonchev–Trinajstić information content (AvgIpc) is 2.03. The van der Waals surface area contributed by atoms with Crippen molar-refractivity contribution >= 4 is 15.1 Å². The van der Waals surface area contributed by atoms with Gasteiger partial charge >= 0.3 is 15.1 Å². The molecular formula is C8H18AlO3. The van der Waals surface area contributed by atoms with E-state index in [-0.39, 0.29) is 12.2 Å². The largest absolute Gasteiger partial charge is 0.932 e. The minimum atomic E-state index is -2.60. The van der Waals surface area contributed by atoms with Crippen LogP contribution in [-0.2, 0) is 11.7 Å². The summed E-state index contributed by atoms with van der Waals surface area (Å²) in [7, 11) is 0. The summed E-state index contributed by atoms with van der Waals surface area (Å²) in [5.74, 6) is 0. The number of hydrogen-bond acceptors (Lipinski definition) is 2. The first-order chi connectivity index (χ1) is 5.60. The highest BCUT2D eigenvalue weighted by atomic mass is 27.2. The van der Waals surface area contributed by atoms with Crippen molar-refractivity contribution in [1.82, 2.24) is 0 Å². The Labute approximate surface area is 80.1 Å². The summed E-state index contributed by atoms with van der Waals surface area (Å²) in [6, 6.07) is 0. The summed E-state index contributed by atoms with van der Waals surface area (Å²) in [4.78, 5) is 0. The molecule has 0 saturated carbocycles. The van der Waals surface area contributed by atoms with E-state index >= 15 is 0 Å². The van der Waals surface area contributed by atoms with Crippen molar-refractivity contribution in [3.8, 4) is 0 Å². The molecule has 0 heterocycles. The molecule has 0 amide bonds. The Balaban J connectivity index is 3.51. The molecule has 2 atom stereocenters. The predicted molar refractivity (Wildman–Crippen MR) is 48.1 cm³/mol. The second-order valence-corrected chi connectivity index (χ2v) is 4.12. The first kappa shape index (κ1) is 12.4. The van der Waals surface area contributed by atoms with Crippen LogP contribution in [0.2, 0.25) is 0 Å². The van der Waals surface area contributed by atoms with Crippen LogP contribution in [0.3, 0.4) is 0 Å². The molecule has 0 aromatic rings. The molecule has 0 spiro atoms. The lowest BCUT2D eigenvalue weighted by Gasteiger charge is -2.15. The molecule has 0 aliphatic carbocycles. The molecule has 71 valence electrons. The highest BCUT2D eigenvalue weighted by Crippen LogP contribution is 2.03.